The van der Waals surface area contributed by atoms with E-state index < -0.39 is 6.17 Å². The summed E-state index contributed by atoms with van der Waals surface area (Å²) < 4.78 is 5.51. The molecule has 1 amide bonds. The van der Waals surface area contributed by atoms with Gasteiger partial charge in [-0.2, -0.15) is 0 Å². The van der Waals surface area contributed by atoms with Crippen LogP contribution in [-0.4, -0.2) is 23.3 Å². The number of fused-ring (bicyclic) bond motifs is 1. The van der Waals surface area contributed by atoms with Gasteiger partial charge in [0.1, 0.15) is 5.75 Å². The van der Waals surface area contributed by atoms with Gasteiger partial charge in [-0.3, -0.25) is 19.5 Å². The molecule has 2 aromatic carbocycles. The number of Topliss-reactive ketones (excluding diaryl/α,β-unsaturated/α-hetero) is 1. The molecule has 4 rings (SSSR count). The van der Waals surface area contributed by atoms with E-state index in [1.165, 1.54) is 6.92 Å². The molecule has 146 valence electrons. The zero-order valence-corrected chi connectivity index (χ0v) is 16.3. The van der Waals surface area contributed by atoms with Crippen LogP contribution in [0.1, 0.15) is 46.4 Å². The molecule has 6 nitrogen and oxygen atoms in total. The Kier molecular flexibility index (Phi) is 4.99. The number of nitrogens with one attached hydrogen (secondary N) is 1. The lowest BCUT2D eigenvalue weighted by Crippen LogP contribution is -2.32. The van der Waals surface area contributed by atoms with Crippen molar-refractivity contribution in [3.05, 3.63) is 83.7 Å². The van der Waals surface area contributed by atoms with Crippen molar-refractivity contribution in [1.82, 2.24) is 4.98 Å². The quantitative estimate of drug-likeness (QED) is 0.633. The zero-order valence-electron chi connectivity index (χ0n) is 16.3. The minimum Gasteiger partial charge on any atom is -0.494 e. The molecule has 0 aliphatic carbocycles. The summed E-state index contributed by atoms with van der Waals surface area (Å²) >= 11 is 0. The molecule has 0 saturated heterocycles. The molecular weight excluding hydrogens is 366 g/mol. The van der Waals surface area contributed by atoms with Crippen molar-refractivity contribution < 1.29 is 14.3 Å². The normalized spacial score (nSPS) is 15.2. The average Bonchev–Trinajstić information content (AvgIpc) is 3.01. The van der Waals surface area contributed by atoms with Crippen molar-refractivity contribution in [2.24, 2.45) is 0 Å². The van der Waals surface area contributed by atoms with Crippen LogP contribution >= 0.6 is 0 Å². The van der Waals surface area contributed by atoms with Gasteiger partial charge in [-0.1, -0.05) is 12.1 Å². The van der Waals surface area contributed by atoms with Gasteiger partial charge in [0.25, 0.3) is 5.91 Å². The topological polar surface area (TPSA) is 71.5 Å². The van der Waals surface area contributed by atoms with Gasteiger partial charge in [-0.05, 0) is 62.4 Å². The second kappa shape index (κ2) is 7.75. The van der Waals surface area contributed by atoms with Crippen molar-refractivity contribution >= 4 is 23.1 Å². The lowest BCUT2D eigenvalue weighted by Gasteiger charge is -2.27. The van der Waals surface area contributed by atoms with E-state index in [2.05, 4.69) is 10.3 Å². The number of amides is 1. The fourth-order valence-corrected chi connectivity index (χ4v) is 3.44. The second-order valence-electron chi connectivity index (χ2n) is 6.72. The summed E-state index contributed by atoms with van der Waals surface area (Å²) in [7, 11) is 0. The first-order valence-corrected chi connectivity index (χ1v) is 9.47. The van der Waals surface area contributed by atoms with Crippen molar-refractivity contribution in [3.63, 3.8) is 0 Å². The van der Waals surface area contributed by atoms with Gasteiger partial charge >= 0.3 is 0 Å². The van der Waals surface area contributed by atoms with Crippen molar-refractivity contribution in [2.45, 2.75) is 20.0 Å². The minimum atomic E-state index is -0.487. The maximum atomic E-state index is 13.1. The number of rotatable bonds is 6. The fraction of sp³-hybridized carbons (Fsp3) is 0.174. The summed E-state index contributed by atoms with van der Waals surface area (Å²) in [6.07, 6.45) is 1.19. The lowest BCUT2D eigenvalue weighted by molar-refractivity contribution is 0.0989. The molecule has 0 saturated carbocycles. The fourth-order valence-electron chi connectivity index (χ4n) is 3.44. The second-order valence-corrected chi connectivity index (χ2v) is 6.72. The highest BCUT2D eigenvalue weighted by molar-refractivity contribution is 6.11. The molecular formula is C23H21N3O3. The number of aromatic nitrogens is 1. The van der Waals surface area contributed by atoms with E-state index in [1.54, 1.807) is 35.4 Å². The number of anilines is 2. The molecule has 29 heavy (non-hydrogen) atoms. The summed E-state index contributed by atoms with van der Waals surface area (Å²) in [6, 6.07) is 18.2. The Morgan fingerprint density at radius 1 is 1.14 bits per heavy atom. The number of carbonyl (C=O) groups excluding carboxylic acids is 2. The Bertz CT molecular complexity index is 1060. The average molecular weight is 387 g/mol. The number of hydrogen-bond donors (Lipinski definition) is 1. The minimum absolute atomic E-state index is 0.0157. The summed E-state index contributed by atoms with van der Waals surface area (Å²) in [5, 5.41) is 3.37. The number of hydrogen-bond acceptors (Lipinski definition) is 5. The van der Waals surface area contributed by atoms with E-state index in [0.717, 1.165) is 17.1 Å². The molecule has 0 spiro atoms. The summed E-state index contributed by atoms with van der Waals surface area (Å²) in [5.74, 6) is 0.604. The van der Waals surface area contributed by atoms with E-state index in [0.29, 0.717) is 23.4 Å². The molecule has 0 radical (unpaired) electrons. The van der Waals surface area contributed by atoms with Crippen LogP contribution in [0.15, 0.2) is 66.9 Å². The van der Waals surface area contributed by atoms with Gasteiger partial charge in [0.05, 0.1) is 17.9 Å². The molecule has 1 aromatic heterocycles. The maximum absolute atomic E-state index is 13.1. The zero-order chi connectivity index (χ0) is 20.4. The smallest absolute Gasteiger partial charge is 0.262 e. The first-order chi connectivity index (χ1) is 14.1. The van der Waals surface area contributed by atoms with Crippen LogP contribution in [0.5, 0.6) is 5.75 Å². The summed E-state index contributed by atoms with van der Waals surface area (Å²) in [4.78, 5) is 31.0. The molecule has 0 fully saturated rings. The number of pyridine rings is 1. The third kappa shape index (κ3) is 3.57. The Hall–Kier alpha value is -3.67. The largest absolute Gasteiger partial charge is 0.494 e. The first-order valence-electron chi connectivity index (χ1n) is 9.47. The highest BCUT2D eigenvalue weighted by Gasteiger charge is 2.39. The number of ether oxygens (including phenoxy) is 1. The van der Waals surface area contributed by atoms with Gasteiger partial charge in [-0.25, -0.2) is 0 Å². The molecule has 0 bridgehead atoms. The molecule has 1 N–H and O–H groups in total. The summed E-state index contributed by atoms with van der Waals surface area (Å²) in [6.45, 7) is 4.03. The Labute approximate surface area is 169 Å². The van der Waals surface area contributed by atoms with Gasteiger partial charge in [-0.15, -0.1) is 0 Å². The number of nitrogens with zero attached hydrogens (tertiary/aromatic N) is 2. The Balaban J connectivity index is 1.72. The predicted molar refractivity (Wildman–Crippen MR) is 111 cm³/mol. The third-order valence-corrected chi connectivity index (χ3v) is 4.80. The molecule has 6 heteroatoms. The van der Waals surface area contributed by atoms with Crippen molar-refractivity contribution in [3.8, 4) is 5.75 Å². The van der Waals surface area contributed by atoms with E-state index in [1.807, 2.05) is 43.3 Å². The van der Waals surface area contributed by atoms with Crippen LogP contribution in [-0.2, 0) is 0 Å². The number of benzene rings is 2. The number of carbonyl (C=O) groups is 2. The van der Waals surface area contributed by atoms with Crippen molar-refractivity contribution in [2.75, 3.05) is 16.8 Å². The van der Waals surface area contributed by atoms with Gasteiger partial charge in [0.2, 0.25) is 0 Å². The highest BCUT2D eigenvalue weighted by atomic mass is 16.5. The predicted octanol–water partition coefficient (Wildman–Crippen LogP) is 4.45. The monoisotopic (exact) mass is 387 g/mol. The maximum Gasteiger partial charge on any atom is 0.262 e. The van der Waals surface area contributed by atoms with Crippen LogP contribution in [0.3, 0.4) is 0 Å². The SMILES string of the molecule is CCOc1ccc(N2C(=O)c3cccnc3C2Nc2cccc(C(C)=O)c2)cc1. The van der Waals surface area contributed by atoms with Crippen LogP contribution in [0, 0.1) is 0 Å². The van der Waals surface area contributed by atoms with E-state index in [4.69, 9.17) is 4.74 Å². The third-order valence-electron chi connectivity index (χ3n) is 4.80. The number of ketones is 1. The molecule has 3 aromatic rings. The Morgan fingerprint density at radius 3 is 2.66 bits per heavy atom. The van der Waals surface area contributed by atoms with E-state index >= 15 is 0 Å². The highest BCUT2D eigenvalue weighted by Crippen LogP contribution is 2.37. The van der Waals surface area contributed by atoms with Crippen LogP contribution < -0.4 is 15.0 Å². The molecule has 1 unspecified atom stereocenters. The lowest BCUT2D eigenvalue weighted by atomic mass is 10.1. The van der Waals surface area contributed by atoms with Crippen LogP contribution in [0.4, 0.5) is 11.4 Å². The molecule has 1 aliphatic rings. The van der Waals surface area contributed by atoms with Crippen molar-refractivity contribution in [1.29, 1.82) is 0 Å². The Morgan fingerprint density at radius 2 is 1.93 bits per heavy atom. The molecule has 1 atom stereocenters. The van der Waals surface area contributed by atoms with Gasteiger partial charge in [0, 0.05) is 23.1 Å². The molecule has 2 heterocycles. The van der Waals surface area contributed by atoms with Gasteiger partial charge < -0.3 is 10.1 Å². The first kappa shape index (κ1) is 18.7. The van der Waals surface area contributed by atoms with E-state index in [-0.39, 0.29) is 11.7 Å². The van der Waals surface area contributed by atoms with Crippen LogP contribution in [0.25, 0.3) is 0 Å². The summed E-state index contributed by atoms with van der Waals surface area (Å²) in [5.41, 5.74) is 3.29. The molecule has 1 aliphatic heterocycles. The van der Waals surface area contributed by atoms with E-state index in [9.17, 15) is 9.59 Å². The van der Waals surface area contributed by atoms with Gasteiger partial charge in [0.15, 0.2) is 11.9 Å². The standard InChI is InChI=1S/C23H21N3O3/c1-3-29-19-11-9-18(10-12-19)26-22(21-20(23(26)28)8-5-13-24-21)25-17-7-4-6-16(14-17)15(2)27/h4-14,22,25H,3H2,1-2H3. The van der Waals surface area contributed by atoms with Crippen LogP contribution in [0.2, 0.25) is 0 Å².